The minimum Gasteiger partial charge on any atom is -0.493 e. The first kappa shape index (κ1) is 20.2. The van der Waals surface area contributed by atoms with Crippen molar-refractivity contribution in [1.82, 2.24) is 4.98 Å². The van der Waals surface area contributed by atoms with Crippen LogP contribution >= 0.6 is 11.3 Å². The van der Waals surface area contributed by atoms with Crippen LogP contribution in [0.5, 0.6) is 11.5 Å². The summed E-state index contributed by atoms with van der Waals surface area (Å²) in [5.41, 5.74) is 4.12. The number of aromatic nitrogens is 1. The van der Waals surface area contributed by atoms with E-state index in [9.17, 15) is 4.79 Å². The standard InChI is InChI=1S/C23H25N3O3S/c1-28-20-10-5-16(14-21(20)29-2)11-12-24-23-25-19(15-30-23)17-6-8-18(9-7-17)26-13-3-4-22(26)27/h5-10,14-15H,3-4,11-13H2,1-2H3,(H,24,25). The maximum absolute atomic E-state index is 11.9. The lowest BCUT2D eigenvalue weighted by Crippen LogP contribution is -2.23. The van der Waals surface area contributed by atoms with Gasteiger partial charge in [0.1, 0.15) is 0 Å². The van der Waals surface area contributed by atoms with Crippen molar-refractivity contribution in [1.29, 1.82) is 0 Å². The van der Waals surface area contributed by atoms with Crippen LogP contribution in [0.25, 0.3) is 11.3 Å². The van der Waals surface area contributed by atoms with E-state index < -0.39 is 0 Å². The zero-order chi connectivity index (χ0) is 20.9. The van der Waals surface area contributed by atoms with Gasteiger partial charge in [0.15, 0.2) is 16.6 Å². The Labute approximate surface area is 180 Å². The summed E-state index contributed by atoms with van der Waals surface area (Å²) in [5, 5.41) is 6.34. The minimum atomic E-state index is 0.206. The van der Waals surface area contributed by atoms with Crippen molar-refractivity contribution in [2.45, 2.75) is 19.3 Å². The average Bonchev–Trinajstić information content (AvgIpc) is 3.43. The van der Waals surface area contributed by atoms with E-state index in [4.69, 9.17) is 14.5 Å². The molecule has 156 valence electrons. The number of anilines is 2. The van der Waals surface area contributed by atoms with Crippen molar-refractivity contribution in [3.8, 4) is 22.8 Å². The van der Waals surface area contributed by atoms with Gasteiger partial charge in [-0.25, -0.2) is 4.98 Å². The molecule has 0 radical (unpaired) electrons. The minimum absolute atomic E-state index is 0.206. The van der Waals surface area contributed by atoms with Gasteiger partial charge in [0.25, 0.3) is 0 Å². The molecule has 3 aromatic rings. The highest BCUT2D eigenvalue weighted by atomic mass is 32.1. The van der Waals surface area contributed by atoms with Crippen LogP contribution in [0.1, 0.15) is 18.4 Å². The molecule has 0 saturated carbocycles. The van der Waals surface area contributed by atoms with Gasteiger partial charge in [-0.05, 0) is 42.7 Å². The summed E-state index contributed by atoms with van der Waals surface area (Å²) in [7, 11) is 3.28. The molecule has 7 heteroatoms. The van der Waals surface area contributed by atoms with Crippen molar-refractivity contribution < 1.29 is 14.3 Å². The van der Waals surface area contributed by atoms with Gasteiger partial charge < -0.3 is 19.7 Å². The number of hydrogen-bond acceptors (Lipinski definition) is 6. The molecule has 4 rings (SSSR count). The Morgan fingerprint density at radius 1 is 1.10 bits per heavy atom. The Kier molecular flexibility index (Phi) is 6.18. The summed E-state index contributed by atoms with van der Waals surface area (Å²) < 4.78 is 10.6. The maximum Gasteiger partial charge on any atom is 0.227 e. The third-order valence-corrected chi connectivity index (χ3v) is 5.99. The van der Waals surface area contributed by atoms with Crippen LogP contribution < -0.4 is 19.7 Å². The fourth-order valence-corrected chi connectivity index (χ4v) is 4.32. The summed E-state index contributed by atoms with van der Waals surface area (Å²) in [6.45, 7) is 1.58. The van der Waals surface area contributed by atoms with Crippen LogP contribution in [0.3, 0.4) is 0 Å². The van der Waals surface area contributed by atoms with E-state index in [0.717, 1.165) is 59.5 Å². The quantitative estimate of drug-likeness (QED) is 0.573. The van der Waals surface area contributed by atoms with Crippen molar-refractivity contribution in [3.63, 3.8) is 0 Å². The first-order valence-corrected chi connectivity index (χ1v) is 10.9. The van der Waals surface area contributed by atoms with E-state index in [1.807, 2.05) is 47.4 Å². The van der Waals surface area contributed by atoms with Crippen molar-refractivity contribution >= 4 is 28.1 Å². The second kappa shape index (κ2) is 9.17. The van der Waals surface area contributed by atoms with Gasteiger partial charge in [0, 0.05) is 36.1 Å². The molecule has 1 N–H and O–H groups in total. The average molecular weight is 424 g/mol. The number of thiazole rings is 1. The van der Waals surface area contributed by atoms with Crippen LogP contribution in [0.15, 0.2) is 47.8 Å². The molecule has 0 aliphatic carbocycles. The third-order valence-electron chi connectivity index (χ3n) is 5.19. The Hall–Kier alpha value is -3.06. The molecule has 0 unspecified atom stereocenters. The predicted octanol–water partition coefficient (Wildman–Crippen LogP) is 4.61. The number of benzene rings is 2. The second-order valence-electron chi connectivity index (χ2n) is 7.10. The normalized spacial score (nSPS) is 13.5. The number of nitrogens with one attached hydrogen (secondary N) is 1. The van der Waals surface area contributed by atoms with Gasteiger partial charge >= 0.3 is 0 Å². The smallest absolute Gasteiger partial charge is 0.227 e. The zero-order valence-electron chi connectivity index (χ0n) is 17.2. The number of nitrogens with zero attached hydrogens (tertiary/aromatic N) is 2. The number of methoxy groups -OCH3 is 2. The molecule has 1 amide bonds. The van der Waals surface area contributed by atoms with Gasteiger partial charge in [-0.15, -0.1) is 11.3 Å². The SMILES string of the molecule is COc1ccc(CCNc2nc(-c3ccc(N4CCCC4=O)cc3)cs2)cc1OC. The Morgan fingerprint density at radius 3 is 2.60 bits per heavy atom. The van der Waals surface area contributed by atoms with Crippen LogP contribution in [-0.4, -0.2) is 38.2 Å². The molecular formula is C23H25N3O3S. The van der Waals surface area contributed by atoms with E-state index in [2.05, 4.69) is 10.7 Å². The van der Waals surface area contributed by atoms with E-state index in [-0.39, 0.29) is 5.91 Å². The number of hydrogen-bond donors (Lipinski definition) is 1. The van der Waals surface area contributed by atoms with Gasteiger partial charge in [-0.3, -0.25) is 4.79 Å². The molecule has 2 aromatic carbocycles. The topological polar surface area (TPSA) is 63.7 Å². The first-order valence-electron chi connectivity index (χ1n) is 9.99. The Balaban J connectivity index is 1.35. The summed E-state index contributed by atoms with van der Waals surface area (Å²) in [5.74, 6) is 1.68. The number of rotatable bonds is 8. The highest BCUT2D eigenvalue weighted by molar-refractivity contribution is 7.14. The van der Waals surface area contributed by atoms with Crippen LogP contribution in [-0.2, 0) is 11.2 Å². The van der Waals surface area contributed by atoms with E-state index in [0.29, 0.717) is 6.42 Å². The van der Waals surface area contributed by atoms with E-state index in [1.165, 1.54) is 5.56 Å². The molecule has 1 aromatic heterocycles. The third kappa shape index (κ3) is 4.41. The fraction of sp³-hybridized carbons (Fsp3) is 0.304. The molecule has 6 nitrogen and oxygen atoms in total. The monoisotopic (exact) mass is 423 g/mol. The van der Waals surface area contributed by atoms with Crippen molar-refractivity contribution in [2.24, 2.45) is 0 Å². The zero-order valence-corrected chi connectivity index (χ0v) is 18.0. The molecular weight excluding hydrogens is 398 g/mol. The second-order valence-corrected chi connectivity index (χ2v) is 7.96. The summed E-state index contributed by atoms with van der Waals surface area (Å²) in [6, 6.07) is 14.0. The van der Waals surface area contributed by atoms with Crippen LogP contribution in [0, 0.1) is 0 Å². The fourth-order valence-electron chi connectivity index (χ4n) is 3.57. The van der Waals surface area contributed by atoms with Gasteiger partial charge in [0.2, 0.25) is 5.91 Å². The number of carbonyl (C=O) groups excluding carboxylic acids is 1. The number of ether oxygens (including phenoxy) is 2. The Bertz CT molecular complexity index is 1020. The molecule has 1 aliphatic rings. The molecule has 30 heavy (non-hydrogen) atoms. The van der Waals surface area contributed by atoms with E-state index >= 15 is 0 Å². The summed E-state index contributed by atoms with van der Waals surface area (Å²) >= 11 is 1.59. The van der Waals surface area contributed by atoms with Crippen molar-refractivity contribution in [2.75, 3.05) is 37.5 Å². The molecule has 0 spiro atoms. The lowest BCUT2D eigenvalue weighted by molar-refractivity contribution is -0.117. The van der Waals surface area contributed by atoms with Gasteiger partial charge in [-0.1, -0.05) is 18.2 Å². The van der Waals surface area contributed by atoms with Gasteiger partial charge in [0.05, 0.1) is 19.9 Å². The maximum atomic E-state index is 11.9. The summed E-state index contributed by atoms with van der Waals surface area (Å²) in [4.78, 5) is 18.4. The van der Waals surface area contributed by atoms with Crippen molar-refractivity contribution in [3.05, 3.63) is 53.4 Å². The highest BCUT2D eigenvalue weighted by Crippen LogP contribution is 2.29. The molecule has 1 fully saturated rings. The van der Waals surface area contributed by atoms with E-state index in [1.54, 1.807) is 25.6 Å². The number of amides is 1. The lowest BCUT2D eigenvalue weighted by atomic mass is 10.1. The largest absolute Gasteiger partial charge is 0.493 e. The number of carbonyl (C=O) groups is 1. The molecule has 0 bridgehead atoms. The lowest BCUT2D eigenvalue weighted by Gasteiger charge is -2.15. The Morgan fingerprint density at radius 2 is 1.90 bits per heavy atom. The molecule has 0 atom stereocenters. The first-order chi connectivity index (χ1) is 14.7. The van der Waals surface area contributed by atoms with Crippen LogP contribution in [0.2, 0.25) is 0 Å². The summed E-state index contributed by atoms with van der Waals surface area (Å²) in [6.07, 6.45) is 2.44. The van der Waals surface area contributed by atoms with Gasteiger partial charge in [-0.2, -0.15) is 0 Å². The predicted molar refractivity (Wildman–Crippen MR) is 121 cm³/mol. The highest BCUT2D eigenvalue weighted by Gasteiger charge is 2.21. The van der Waals surface area contributed by atoms with Crippen LogP contribution in [0.4, 0.5) is 10.8 Å². The molecule has 1 aliphatic heterocycles. The molecule has 1 saturated heterocycles. The molecule has 2 heterocycles.